The quantitative estimate of drug-likeness (QED) is 0.273. The van der Waals surface area contributed by atoms with E-state index >= 15 is 0 Å². The van der Waals surface area contributed by atoms with Gasteiger partial charge in [0, 0.05) is 21.7 Å². The molecule has 0 aliphatic carbocycles. The van der Waals surface area contributed by atoms with Crippen molar-refractivity contribution in [1.82, 2.24) is 18.7 Å². The molecule has 3 aromatic rings. The van der Waals surface area contributed by atoms with Gasteiger partial charge in [-0.05, 0) is 39.7 Å². The average molecular weight is 495 g/mol. The number of halogens is 1. The zero-order chi connectivity index (χ0) is 22.1. The number of aromatic nitrogens is 4. The van der Waals surface area contributed by atoms with E-state index in [-0.39, 0.29) is 6.73 Å². The first kappa shape index (κ1) is 22.5. The van der Waals surface area contributed by atoms with Crippen LogP contribution in [0.5, 0.6) is 5.75 Å². The van der Waals surface area contributed by atoms with Gasteiger partial charge < -0.3 is 14.0 Å². The Hall–Kier alpha value is -2.17. The van der Waals surface area contributed by atoms with E-state index in [4.69, 9.17) is 9.47 Å². The van der Waals surface area contributed by atoms with E-state index in [1.54, 1.807) is 11.7 Å². The molecule has 2 aromatic heterocycles. The lowest BCUT2D eigenvalue weighted by molar-refractivity contribution is 0.0857. The summed E-state index contributed by atoms with van der Waals surface area (Å²) in [5, 5.41) is 0. The summed E-state index contributed by atoms with van der Waals surface area (Å²) in [5.41, 5.74) is 0.764. The molecule has 0 radical (unpaired) electrons. The van der Waals surface area contributed by atoms with Gasteiger partial charge in [0.25, 0.3) is 5.56 Å². The highest BCUT2D eigenvalue weighted by Gasteiger charge is 2.20. The number of imidazole rings is 1. The molecule has 0 bridgehead atoms. The summed E-state index contributed by atoms with van der Waals surface area (Å²) in [6, 6.07) is 8.59. The minimum absolute atomic E-state index is 0.0521. The van der Waals surface area contributed by atoms with Crippen LogP contribution in [0.2, 0.25) is 25.7 Å². The summed E-state index contributed by atoms with van der Waals surface area (Å²) in [4.78, 5) is 30.1. The Morgan fingerprint density at radius 1 is 1.17 bits per heavy atom. The number of benzene rings is 1. The lowest BCUT2D eigenvalue weighted by Gasteiger charge is -2.16. The Morgan fingerprint density at radius 3 is 2.57 bits per heavy atom. The van der Waals surface area contributed by atoms with E-state index in [0.717, 1.165) is 21.9 Å². The molecule has 0 atom stereocenters. The third-order valence-electron chi connectivity index (χ3n) is 4.87. The lowest BCUT2D eigenvalue weighted by atomic mass is 10.2. The Bertz CT molecular complexity index is 1180. The van der Waals surface area contributed by atoms with Crippen molar-refractivity contribution >= 4 is 35.2 Å². The molecule has 0 saturated heterocycles. The van der Waals surface area contributed by atoms with Gasteiger partial charge >= 0.3 is 5.69 Å². The third kappa shape index (κ3) is 4.76. The second-order valence-electron chi connectivity index (χ2n) is 8.41. The molecule has 162 valence electrons. The number of fused-ring (bicyclic) bond motifs is 1. The molecule has 0 aliphatic rings. The number of ether oxygens (including phenoxy) is 2. The lowest BCUT2D eigenvalue weighted by Crippen LogP contribution is -2.39. The predicted octanol–water partition coefficient (Wildman–Crippen LogP) is 3.03. The Morgan fingerprint density at radius 2 is 1.90 bits per heavy atom. The molecule has 1 aromatic carbocycles. The first-order chi connectivity index (χ1) is 14.1. The van der Waals surface area contributed by atoms with Crippen LogP contribution in [0.4, 0.5) is 0 Å². The second kappa shape index (κ2) is 8.91. The molecule has 0 amide bonds. The molecule has 0 spiro atoms. The maximum atomic E-state index is 12.9. The molecule has 0 fully saturated rings. The molecule has 8 nitrogen and oxygen atoms in total. The maximum absolute atomic E-state index is 12.9. The molecule has 2 heterocycles. The van der Waals surface area contributed by atoms with Crippen LogP contribution in [0.15, 0.2) is 38.6 Å². The van der Waals surface area contributed by atoms with E-state index in [2.05, 4.69) is 40.6 Å². The van der Waals surface area contributed by atoms with Gasteiger partial charge in [0.15, 0.2) is 15.9 Å². The van der Waals surface area contributed by atoms with Crippen molar-refractivity contribution < 1.29 is 9.47 Å². The van der Waals surface area contributed by atoms with Crippen molar-refractivity contribution in [2.24, 2.45) is 7.05 Å². The van der Waals surface area contributed by atoms with Crippen molar-refractivity contribution in [2.75, 3.05) is 13.7 Å². The fourth-order valence-electron chi connectivity index (χ4n) is 3.08. The van der Waals surface area contributed by atoms with Crippen LogP contribution in [0.3, 0.4) is 0 Å². The first-order valence-corrected chi connectivity index (χ1v) is 14.2. The molecular weight excluding hydrogens is 468 g/mol. The number of hydrogen-bond acceptors (Lipinski definition) is 5. The standard InChI is InChI=1S/C20H27BrN4O4Si/c1-23-18(26)16-17(25(20(23)27)13-29-9-10-30(3,4)5)22-19(21)24(16)12-14-7-6-8-15(11-14)28-2/h6-8,11H,9-10,12-13H2,1-5H3. The van der Waals surface area contributed by atoms with Crippen molar-refractivity contribution in [3.05, 3.63) is 55.4 Å². The summed E-state index contributed by atoms with van der Waals surface area (Å²) >= 11 is 3.45. The summed E-state index contributed by atoms with van der Waals surface area (Å²) in [6.45, 7) is 7.83. The highest BCUT2D eigenvalue weighted by molar-refractivity contribution is 9.10. The summed E-state index contributed by atoms with van der Waals surface area (Å²) in [7, 11) is 1.84. The van der Waals surface area contributed by atoms with E-state index < -0.39 is 19.3 Å². The molecule has 3 rings (SSSR count). The maximum Gasteiger partial charge on any atom is 0.334 e. The molecule has 0 N–H and O–H groups in total. The monoisotopic (exact) mass is 494 g/mol. The van der Waals surface area contributed by atoms with Gasteiger partial charge in [-0.2, -0.15) is 0 Å². The number of nitrogens with zero attached hydrogens (tertiary/aromatic N) is 4. The van der Waals surface area contributed by atoms with E-state index in [0.29, 0.717) is 29.0 Å². The van der Waals surface area contributed by atoms with E-state index in [1.165, 1.54) is 11.6 Å². The molecule has 10 heteroatoms. The molecule has 0 aliphatic heterocycles. The molecule has 30 heavy (non-hydrogen) atoms. The fourth-order valence-corrected chi connectivity index (χ4v) is 4.31. The Balaban J connectivity index is 2.02. The SMILES string of the molecule is COc1cccc(Cn2c(Br)nc3c2c(=O)n(C)c(=O)n3COCC[Si](C)(C)C)c1. The molecular formula is C20H27BrN4O4Si. The van der Waals surface area contributed by atoms with Crippen molar-refractivity contribution in [1.29, 1.82) is 0 Å². The minimum Gasteiger partial charge on any atom is -0.497 e. The zero-order valence-corrected chi connectivity index (χ0v) is 20.5. The van der Waals surface area contributed by atoms with Crippen molar-refractivity contribution in [3.63, 3.8) is 0 Å². The number of methoxy groups -OCH3 is 1. The van der Waals surface area contributed by atoms with Crippen LogP contribution in [0, 0.1) is 0 Å². The molecule has 0 unspecified atom stereocenters. The minimum atomic E-state index is -1.24. The van der Waals surface area contributed by atoms with Crippen molar-refractivity contribution in [3.8, 4) is 5.75 Å². The smallest absolute Gasteiger partial charge is 0.334 e. The predicted molar refractivity (Wildman–Crippen MR) is 123 cm³/mol. The highest BCUT2D eigenvalue weighted by Crippen LogP contribution is 2.21. The van der Waals surface area contributed by atoms with E-state index in [1.807, 2.05) is 24.3 Å². The van der Waals surface area contributed by atoms with Gasteiger partial charge in [-0.25, -0.2) is 9.78 Å². The summed E-state index contributed by atoms with van der Waals surface area (Å²) in [5.74, 6) is 0.730. The second-order valence-corrected chi connectivity index (χ2v) is 14.7. The average Bonchev–Trinajstić information content (AvgIpc) is 3.01. The number of hydrogen-bond donors (Lipinski definition) is 0. The van der Waals surface area contributed by atoms with Gasteiger partial charge in [0.1, 0.15) is 12.5 Å². The van der Waals surface area contributed by atoms with E-state index in [9.17, 15) is 9.59 Å². The molecule has 0 saturated carbocycles. The summed E-state index contributed by atoms with van der Waals surface area (Å²) in [6.07, 6.45) is 0. The van der Waals surface area contributed by atoms with Gasteiger partial charge in [-0.3, -0.25) is 13.9 Å². The van der Waals surface area contributed by atoms with Crippen LogP contribution in [0.1, 0.15) is 5.56 Å². The largest absolute Gasteiger partial charge is 0.497 e. The normalized spacial score (nSPS) is 11.9. The van der Waals surface area contributed by atoms with Crippen LogP contribution in [0.25, 0.3) is 11.2 Å². The van der Waals surface area contributed by atoms with Crippen LogP contribution >= 0.6 is 15.9 Å². The van der Waals surface area contributed by atoms with Gasteiger partial charge in [0.05, 0.1) is 13.7 Å². The zero-order valence-electron chi connectivity index (χ0n) is 17.9. The third-order valence-corrected chi connectivity index (χ3v) is 7.18. The van der Waals surface area contributed by atoms with Crippen LogP contribution in [-0.4, -0.2) is 40.5 Å². The fraction of sp³-hybridized carbons (Fsp3) is 0.450. The van der Waals surface area contributed by atoms with Gasteiger partial charge in [-0.15, -0.1) is 0 Å². The summed E-state index contributed by atoms with van der Waals surface area (Å²) < 4.78 is 15.8. The Kier molecular flexibility index (Phi) is 6.68. The number of rotatable bonds is 8. The van der Waals surface area contributed by atoms with Crippen LogP contribution in [-0.2, 0) is 25.1 Å². The first-order valence-electron chi connectivity index (χ1n) is 9.68. The Labute approximate surface area is 184 Å². The van der Waals surface area contributed by atoms with Crippen molar-refractivity contribution in [2.45, 2.75) is 39.0 Å². The van der Waals surface area contributed by atoms with Crippen LogP contribution < -0.4 is 16.0 Å². The topological polar surface area (TPSA) is 80.3 Å². The highest BCUT2D eigenvalue weighted by atomic mass is 79.9. The van der Waals surface area contributed by atoms with Gasteiger partial charge in [-0.1, -0.05) is 31.8 Å². The van der Waals surface area contributed by atoms with Gasteiger partial charge in [0.2, 0.25) is 0 Å².